The largest absolute Gasteiger partial charge is 0.376 e. The molecule has 1 aromatic carbocycles. The number of benzene rings is 1. The molecule has 1 N–H and O–H groups in total. The van der Waals surface area contributed by atoms with E-state index in [1.807, 2.05) is 0 Å². The Morgan fingerprint density at radius 1 is 1.10 bits per heavy atom. The van der Waals surface area contributed by atoms with E-state index in [-0.39, 0.29) is 0 Å². The van der Waals surface area contributed by atoms with Crippen molar-refractivity contribution in [2.24, 2.45) is 0 Å². The fraction of sp³-hybridized carbons (Fsp3) is 0.684. The van der Waals surface area contributed by atoms with Crippen LogP contribution < -0.4 is 5.32 Å². The fourth-order valence-electron chi connectivity index (χ4n) is 2.99. The first kappa shape index (κ1) is 16.5. The van der Waals surface area contributed by atoms with Crippen LogP contribution in [0.4, 0.5) is 0 Å². The molecule has 2 heteroatoms. The Bertz CT molecular complexity index is 393. The maximum atomic E-state index is 6.13. The van der Waals surface area contributed by atoms with Crippen LogP contribution in [0.15, 0.2) is 24.3 Å². The third-order valence-corrected chi connectivity index (χ3v) is 4.45. The predicted octanol–water partition coefficient (Wildman–Crippen LogP) is 4.81. The van der Waals surface area contributed by atoms with Crippen LogP contribution in [0.3, 0.4) is 0 Å². The molecule has 1 fully saturated rings. The lowest BCUT2D eigenvalue weighted by molar-refractivity contribution is 0.0426. The number of nitrogens with one attached hydrogen (secondary N) is 1. The van der Waals surface area contributed by atoms with Crippen LogP contribution in [-0.2, 0) is 4.74 Å². The molecule has 118 valence electrons. The fourth-order valence-corrected chi connectivity index (χ4v) is 2.99. The first-order valence-corrected chi connectivity index (χ1v) is 8.65. The van der Waals surface area contributed by atoms with Crippen LogP contribution in [0, 0.1) is 0 Å². The third-order valence-electron chi connectivity index (χ3n) is 4.45. The van der Waals surface area contributed by atoms with Crippen molar-refractivity contribution in [2.45, 2.75) is 70.9 Å². The highest BCUT2D eigenvalue weighted by Gasteiger charge is 2.18. The minimum Gasteiger partial charge on any atom is -0.376 e. The van der Waals surface area contributed by atoms with E-state index in [1.165, 1.54) is 36.8 Å². The van der Waals surface area contributed by atoms with Gasteiger partial charge in [0.15, 0.2) is 0 Å². The Balaban J connectivity index is 1.96. The molecular formula is C19H31NO. The van der Waals surface area contributed by atoms with Gasteiger partial charge in [-0.25, -0.2) is 0 Å². The van der Waals surface area contributed by atoms with Crippen molar-refractivity contribution in [3.63, 3.8) is 0 Å². The van der Waals surface area contributed by atoms with Crippen molar-refractivity contribution in [3.05, 3.63) is 35.4 Å². The summed E-state index contributed by atoms with van der Waals surface area (Å²) in [6.07, 6.45) is 6.80. The lowest BCUT2D eigenvalue weighted by atomic mass is 9.99. The van der Waals surface area contributed by atoms with E-state index in [9.17, 15) is 0 Å². The van der Waals surface area contributed by atoms with Gasteiger partial charge >= 0.3 is 0 Å². The van der Waals surface area contributed by atoms with Crippen LogP contribution in [-0.4, -0.2) is 19.3 Å². The molecule has 21 heavy (non-hydrogen) atoms. The second-order valence-corrected chi connectivity index (χ2v) is 6.57. The Morgan fingerprint density at radius 3 is 2.29 bits per heavy atom. The summed E-state index contributed by atoms with van der Waals surface area (Å²) in [6, 6.07) is 9.38. The first-order chi connectivity index (χ1) is 10.2. The molecule has 1 atom stereocenters. The van der Waals surface area contributed by atoms with Crippen LogP contribution >= 0.6 is 0 Å². The van der Waals surface area contributed by atoms with E-state index in [2.05, 4.69) is 50.4 Å². The van der Waals surface area contributed by atoms with E-state index in [1.54, 1.807) is 0 Å². The molecular weight excluding hydrogens is 258 g/mol. The second-order valence-electron chi connectivity index (χ2n) is 6.57. The number of ether oxygens (including phenoxy) is 1. The average molecular weight is 289 g/mol. The summed E-state index contributed by atoms with van der Waals surface area (Å²) in [4.78, 5) is 0. The molecule has 1 saturated carbocycles. The van der Waals surface area contributed by atoms with Crippen molar-refractivity contribution in [1.82, 2.24) is 5.32 Å². The quantitative estimate of drug-likeness (QED) is 0.741. The van der Waals surface area contributed by atoms with Crippen molar-refractivity contribution in [1.29, 1.82) is 0 Å². The monoisotopic (exact) mass is 289 g/mol. The summed E-state index contributed by atoms with van der Waals surface area (Å²) in [7, 11) is 0. The van der Waals surface area contributed by atoms with Gasteiger partial charge in [-0.05, 0) is 42.9 Å². The summed E-state index contributed by atoms with van der Waals surface area (Å²) < 4.78 is 6.13. The molecule has 0 aliphatic heterocycles. The molecule has 1 aliphatic carbocycles. The summed E-state index contributed by atoms with van der Waals surface area (Å²) in [5.41, 5.74) is 2.76. The zero-order chi connectivity index (χ0) is 15.1. The smallest absolute Gasteiger partial charge is 0.0665 e. The van der Waals surface area contributed by atoms with Gasteiger partial charge in [-0.2, -0.15) is 0 Å². The zero-order valence-corrected chi connectivity index (χ0v) is 13.9. The standard InChI is InChI=1S/C19H31NO/c1-4-13-20-19(14-21-18-7-5-6-8-18)17-11-9-16(10-12-17)15(2)3/h9-12,15,18-20H,4-8,13-14H2,1-3H3. The van der Waals surface area contributed by atoms with Gasteiger partial charge in [0.05, 0.1) is 18.8 Å². The van der Waals surface area contributed by atoms with E-state index in [0.29, 0.717) is 18.1 Å². The second kappa shape index (κ2) is 8.55. The van der Waals surface area contributed by atoms with Gasteiger partial charge in [-0.15, -0.1) is 0 Å². The normalized spacial score (nSPS) is 17.5. The average Bonchev–Trinajstić information content (AvgIpc) is 3.01. The molecule has 1 aliphatic rings. The molecule has 0 amide bonds. The van der Waals surface area contributed by atoms with Crippen LogP contribution in [0.5, 0.6) is 0 Å². The Kier molecular flexibility index (Phi) is 6.72. The predicted molar refractivity (Wildman–Crippen MR) is 89.8 cm³/mol. The van der Waals surface area contributed by atoms with Gasteiger partial charge in [0.1, 0.15) is 0 Å². The molecule has 2 nitrogen and oxygen atoms in total. The van der Waals surface area contributed by atoms with Gasteiger partial charge in [0, 0.05) is 0 Å². The van der Waals surface area contributed by atoms with Gasteiger partial charge in [-0.1, -0.05) is 57.9 Å². The number of rotatable bonds is 8. The third kappa shape index (κ3) is 5.12. The molecule has 0 radical (unpaired) electrons. The molecule has 0 saturated heterocycles. The minimum absolute atomic E-state index is 0.326. The first-order valence-electron chi connectivity index (χ1n) is 8.65. The van der Waals surface area contributed by atoms with E-state index >= 15 is 0 Å². The maximum Gasteiger partial charge on any atom is 0.0665 e. The lowest BCUT2D eigenvalue weighted by Crippen LogP contribution is -2.28. The molecule has 0 aromatic heterocycles. The topological polar surface area (TPSA) is 21.3 Å². The summed E-state index contributed by atoms with van der Waals surface area (Å²) in [5, 5.41) is 3.63. The molecule has 1 unspecified atom stereocenters. The lowest BCUT2D eigenvalue weighted by Gasteiger charge is -2.22. The molecule has 1 aromatic rings. The maximum absolute atomic E-state index is 6.13. The minimum atomic E-state index is 0.326. The van der Waals surface area contributed by atoms with E-state index in [4.69, 9.17) is 4.74 Å². The van der Waals surface area contributed by atoms with Gasteiger partial charge < -0.3 is 10.1 Å². The molecule has 0 heterocycles. The van der Waals surface area contributed by atoms with E-state index in [0.717, 1.165) is 19.6 Å². The Morgan fingerprint density at radius 2 is 1.71 bits per heavy atom. The van der Waals surface area contributed by atoms with Gasteiger partial charge in [-0.3, -0.25) is 0 Å². The SMILES string of the molecule is CCCNC(COC1CCCC1)c1ccc(C(C)C)cc1. The van der Waals surface area contributed by atoms with Gasteiger partial charge in [0.25, 0.3) is 0 Å². The van der Waals surface area contributed by atoms with Crippen LogP contribution in [0.1, 0.15) is 76.0 Å². The highest BCUT2D eigenvalue weighted by molar-refractivity contribution is 5.27. The molecule has 0 spiro atoms. The van der Waals surface area contributed by atoms with Crippen LogP contribution in [0.25, 0.3) is 0 Å². The van der Waals surface area contributed by atoms with Crippen molar-refractivity contribution >= 4 is 0 Å². The van der Waals surface area contributed by atoms with E-state index < -0.39 is 0 Å². The Hall–Kier alpha value is -0.860. The van der Waals surface area contributed by atoms with Crippen molar-refractivity contribution in [2.75, 3.05) is 13.2 Å². The summed E-state index contributed by atoms with van der Waals surface area (Å²) >= 11 is 0. The summed E-state index contributed by atoms with van der Waals surface area (Å²) in [5.74, 6) is 0.593. The highest BCUT2D eigenvalue weighted by atomic mass is 16.5. The highest BCUT2D eigenvalue weighted by Crippen LogP contribution is 2.24. The van der Waals surface area contributed by atoms with Crippen molar-refractivity contribution in [3.8, 4) is 0 Å². The Labute approximate surface area is 130 Å². The number of hydrogen-bond acceptors (Lipinski definition) is 2. The zero-order valence-electron chi connectivity index (χ0n) is 13.9. The van der Waals surface area contributed by atoms with Crippen molar-refractivity contribution < 1.29 is 4.74 Å². The number of hydrogen-bond donors (Lipinski definition) is 1. The van der Waals surface area contributed by atoms with Gasteiger partial charge in [0.2, 0.25) is 0 Å². The van der Waals surface area contributed by atoms with Crippen LogP contribution in [0.2, 0.25) is 0 Å². The summed E-state index contributed by atoms with van der Waals surface area (Å²) in [6.45, 7) is 8.54. The molecule has 2 rings (SSSR count). The molecule has 0 bridgehead atoms.